The van der Waals surface area contributed by atoms with Gasteiger partial charge in [-0.2, -0.15) is 13.2 Å². The van der Waals surface area contributed by atoms with Crippen LogP contribution in [-0.4, -0.2) is 24.2 Å². The molecule has 0 spiro atoms. The van der Waals surface area contributed by atoms with Crippen LogP contribution in [0.2, 0.25) is 0 Å². The van der Waals surface area contributed by atoms with Gasteiger partial charge in [0.2, 0.25) is 0 Å². The average molecular weight is 311 g/mol. The number of anilines is 1. The van der Waals surface area contributed by atoms with E-state index in [0.717, 1.165) is 10.0 Å². The predicted molar refractivity (Wildman–Crippen MR) is 65.6 cm³/mol. The third-order valence-electron chi connectivity index (χ3n) is 2.32. The van der Waals surface area contributed by atoms with Gasteiger partial charge in [0.1, 0.15) is 0 Å². The topological polar surface area (TPSA) is 29.3 Å². The molecule has 0 saturated heterocycles. The summed E-state index contributed by atoms with van der Waals surface area (Å²) in [7, 11) is 0. The van der Waals surface area contributed by atoms with Crippen LogP contribution < -0.4 is 5.73 Å². The van der Waals surface area contributed by atoms with Crippen molar-refractivity contribution < 1.29 is 13.2 Å². The number of nitrogens with zero attached hydrogens (tertiary/aromatic N) is 1. The first-order valence-corrected chi connectivity index (χ1v) is 5.94. The Balaban J connectivity index is 2.74. The van der Waals surface area contributed by atoms with E-state index < -0.39 is 12.7 Å². The van der Waals surface area contributed by atoms with Crippen LogP contribution in [-0.2, 0) is 6.54 Å². The van der Waals surface area contributed by atoms with Gasteiger partial charge in [0, 0.05) is 16.7 Å². The number of benzene rings is 1. The highest BCUT2D eigenvalue weighted by Crippen LogP contribution is 2.23. The van der Waals surface area contributed by atoms with Crippen molar-refractivity contribution in [2.24, 2.45) is 0 Å². The van der Waals surface area contributed by atoms with Crippen molar-refractivity contribution in [1.29, 1.82) is 0 Å². The monoisotopic (exact) mass is 310 g/mol. The molecule has 17 heavy (non-hydrogen) atoms. The van der Waals surface area contributed by atoms with Gasteiger partial charge in [-0.15, -0.1) is 0 Å². The molecule has 2 nitrogen and oxygen atoms in total. The highest BCUT2D eigenvalue weighted by molar-refractivity contribution is 9.10. The highest BCUT2D eigenvalue weighted by atomic mass is 79.9. The molecule has 0 unspecified atom stereocenters. The normalized spacial score (nSPS) is 12.1. The van der Waals surface area contributed by atoms with Crippen LogP contribution in [0.1, 0.15) is 12.5 Å². The Morgan fingerprint density at radius 3 is 2.47 bits per heavy atom. The Hall–Kier alpha value is -0.750. The molecule has 1 aromatic carbocycles. The second-order valence-corrected chi connectivity index (χ2v) is 4.62. The van der Waals surface area contributed by atoms with Gasteiger partial charge in [0.05, 0.1) is 6.54 Å². The Morgan fingerprint density at radius 2 is 2.00 bits per heavy atom. The van der Waals surface area contributed by atoms with Crippen molar-refractivity contribution >= 4 is 21.6 Å². The summed E-state index contributed by atoms with van der Waals surface area (Å²) in [5, 5.41) is 0. The Morgan fingerprint density at radius 1 is 1.35 bits per heavy atom. The van der Waals surface area contributed by atoms with Gasteiger partial charge in [-0.25, -0.2) is 0 Å². The van der Waals surface area contributed by atoms with Crippen LogP contribution in [0.25, 0.3) is 0 Å². The number of nitrogen functional groups attached to an aromatic ring is 1. The van der Waals surface area contributed by atoms with Gasteiger partial charge in [-0.05, 0) is 24.2 Å². The van der Waals surface area contributed by atoms with Crippen molar-refractivity contribution in [3.05, 3.63) is 28.2 Å². The summed E-state index contributed by atoms with van der Waals surface area (Å²) in [5.74, 6) is 0. The van der Waals surface area contributed by atoms with Gasteiger partial charge in [0.25, 0.3) is 0 Å². The minimum Gasteiger partial charge on any atom is -0.399 e. The first-order chi connectivity index (χ1) is 7.81. The fourth-order valence-electron chi connectivity index (χ4n) is 1.47. The summed E-state index contributed by atoms with van der Waals surface area (Å²) in [6.07, 6.45) is -4.17. The van der Waals surface area contributed by atoms with E-state index >= 15 is 0 Å². The third kappa shape index (κ3) is 4.95. The van der Waals surface area contributed by atoms with Crippen LogP contribution in [0.15, 0.2) is 22.7 Å². The number of nitrogens with two attached hydrogens (primary N) is 1. The van der Waals surface area contributed by atoms with Gasteiger partial charge >= 0.3 is 6.18 Å². The maximum Gasteiger partial charge on any atom is 0.401 e. The summed E-state index contributed by atoms with van der Waals surface area (Å²) in [6, 6.07) is 5.11. The molecule has 0 amide bonds. The van der Waals surface area contributed by atoms with E-state index in [1.54, 1.807) is 25.1 Å². The summed E-state index contributed by atoms with van der Waals surface area (Å²) in [6.45, 7) is 1.39. The van der Waals surface area contributed by atoms with Crippen molar-refractivity contribution in [2.45, 2.75) is 19.6 Å². The van der Waals surface area contributed by atoms with Crippen molar-refractivity contribution in [2.75, 3.05) is 18.8 Å². The number of hydrogen-bond acceptors (Lipinski definition) is 2. The lowest BCUT2D eigenvalue weighted by Gasteiger charge is -2.22. The number of alkyl halides is 3. The maximum absolute atomic E-state index is 12.3. The molecule has 0 atom stereocenters. The zero-order valence-electron chi connectivity index (χ0n) is 9.39. The Bertz CT molecular complexity index is 379. The zero-order chi connectivity index (χ0) is 13.1. The molecule has 0 heterocycles. The molecule has 1 aromatic rings. The standard InChI is InChI=1S/C11H14BrF3N2/c1-2-17(7-11(13,14)15)6-8-3-4-9(16)5-10(8)12/h3-5H,2,6-7,16H2,1H3. The van der Waals surface area contributed by atoms with E-state index in [1.807, 2.05) is 0 Å². The number of halogens is 4. The fraction of sp³-hybridized carbons (Fsp3) is 0.455. The molecule has 0 aliphatic heterocycles. The molecule has 0 aromatic heterocycles. The van der Waals surface area contributed by atoms with Crippen molar-refractivity contribution in [3.8, 4) is 0 Å². The van der Waals surface area contributed by atoms with Gasteiger partial charge < -0.3 is 5.73 Å². The summed E-state index contributed by atoms with van der Waals surface area (Å²) < 4.78 is 37.6. The van der Waals surface area contributed by atoms with Crippen LogP contribution in [0, 0.1) is 0 Å². The van der Waals surface area contributed by atoms with E-state index in [2.05, 4.69) is 15.9 Å². The van der Waals surface area contributed by atoms with E-state index in [4.69, 9.17) is 5.73 Å². The smallest absolute Gasteiger partial charge is 0.399 e. The zero-order valence-corrected chi connectivity index (χ0v) is 11.0. The lowest BCUT2D eigenvalue weighted by atomic mass is 10.2. The second kappa shape index (κ2) is 5.73. The lowest BCUT2D eigenvalue weighted by molar-refractivity contribution is -0.146. The predicted octanol–water partition coefficient (Wildman–Crippen LogP) is 3.42. The molecule has 0 saturated carbocycles. The second-order valence-electron chi connectivity index (χ2n) is 3.77. The van der Waals surface area contributed by atoms with E-state index in [9.17, 15) is 13.2 Å². The van der Waals surface area contributed by atoms with Crippen molar-refractivity contribution in [3.63, 3.8) is 0 Å². The summed E-state index contributed by atoms with van der Waals surface area (Å²) >= 11 is 3.30. The first-order valence-electron chi connectivity index (χ1n) is 5.15. The minimum absolute atomic E-state index is 0.247. The third-order valence-corrected chi connectivity index (χ3v) is 3.06. The molecule has 0 radical (unpaired) electrons. The van der Waals surface area contributed by atoms with Crippen LogP contribution in [0.3, 0.4) is 0 Å². The van der Waals surface area contributed by atoms with Crippen LogP contribution in [0.4, 0.5) is 18.9 Å². The lowest BCUT2D eigenvalue weighted by Crippen LogP contribution is -2.33. The largest absolute Gasteiger partial charge is 0.401 e. The van der Waals surface area contributed by atoms with E-state index in [0.29, 0.717) is 12.2 Å². The fourth-order valence-corrected chi connectivity index (χ4v) is 1.99. The molecule has 6 heteroatoms. The molecule has 0 aliphatic rings. The van der Waals surface area contributed by atoms with Gasteiger partial charge in [-0.3, -0.25) is 4.90 Å². The van der Waals surface area contributed by atoms with Gasteiger partial charge in [0.15, 0.2) is 0 Å². The summed E-state index contributed by atoms with van der Waals surface area (Å²) in [4.78, 5) is 1.33. The SMILES string of the molecule is CCN(Cc1ccc(N)cc1Br)CC(F)(F)F. The van der Waals surface area contributed by atoms with Crippen molar-refractivity contribution in [1.82, 2.24) is 4.90 Å². The first kappa shape index (κ1) is 14.3. The molecule has 96 valence electrons. The molecular weight excluding hydrogens is 297 g/mol. The van der Waals surface area contributed by atoms with Gasteiger partial charge in [-0.1, -0.05) is 28.9 Å². The Kier molecular flexibility index (Phi) is 4.82. The van der Waals surface area contributed by atoms with Crippen LogP contribution in [0.5, 0.6) is 0 Å². The minimum atomic E-state index is -4.17. The van der Waals surface area contributed by atoms with E-state index in [-0.39, 0.29) is 6.54 Å². The number of rotatable bonds is 4. The molecular formula is C11H14BrF3N2. The van der Waals surface area contributed by atoms with E-state index in [1.165, 1.54) is 4.90 Å². The average Bonchev–Trinajstić information content (AvgIpc) is 2.19. The molecule has 0 fully saturated rings. The molecule has 1 rings (SSSR count). The molecule has 0 aliphatic carbocycles. The maximum atomic E-state index is 12.3. The summed E-state index contributed by atoms with van der Waals surface area (Å²) in [5.41, 5.74) is 6.95. The quantitative estimate of drug-likeness (QED) is 0.864. The highest BCUT2D eigenvalue weighted by Gasteiger charge is 2.30. The number of hydrogen-bond donors (Lipinski definition) is 1. The molecule has 2 N–H and O–H groups in total. The van der Waals surface area contributed by atoms with Crippen LogP contribution >= 0.6 is 15.9 Å². The molecule has 0 bridgehead atoms. The Labute approximate surface area is 107 Å².